The standard InChI is InChI=1S/C24H25N3O6S/c1-3-32-24(31)20-17-6-4-5-7-18(17)34-22(20)27-21(29)14(2)33-23(30)15-8-10-16(11-9-15)26-19(28)12-13-25/h8-11,14H,3-7,12H2,1-2H3,(H,26,28)(H,27,29)/t14-/m1/s1. The van der Waals surface area contributed by atoms with Crippen molar-refractivity contribution >= 4 is 45.8 Å². The van der Waals surface area contributed by atoms with Crippen LogP contribution in [-0.2, 0) is 31.9 Å². The van der Waals surface area contributed by atoms with Crippen LogP contribution in [0.2, 0.25) is 0 Å². The zero-order valence-corrected chi connectivity index (χ0v) is 19.8. The zero-order valence-electron chi connectivity index (χ0n) is 18.9. The summed E-state index contributed by atoms with van der Waals surface area (Å²) in [4.78, 5) is 50.3. The number of benzene rings is 1. The van der Waals surface area contributed by atoms with Gasteiger partial charge in [0.25, 0.3) is 5.91 Å². The SMILES string of the molecule is CCOC(=O)c1c(NC(=O)[C@@H](C)OC(=O)c2ccc(NC(=O)CC#N)cc2)sc2c1CCCC2. The second-order valence-electron chi connectivity index (χ2n) is 7.63. The number of amides is 2. The molecule has 0 spiro atoms. The number of ether oxygens (including phenoxy) is 2. The number of aryl methyl sites for hydroxylation is 1. The minimum absolute atomic E-state index is 0.191. The van der Waals surface area contributed by atoms with E-state index in [-0.39, 0.29) is 18.6 Å². The summed E-state index contributed by atoms with van der Waals surface area (Å²) < 4.78 is 10.5. The smallest absolute Gasteiger partial charge is 0.341 e. The van der Waals surface area contributed by atoms with Crippen LogP contribution in [0.4, 0.5) is 10.7 Å². The predicted molar refractivity (Wildman–Crippen MR) is 126 cm³/mol. The Balaban J connectivity index is 1.65. The summed E-state index contributed by atoms with van der Waals surface area (Å²) in [5.41, 5.74) is 1.94. The molecule has 0 radical (unpaired) electrons. The monoisotopic (exact) mass is 483 g/mol. The van der Waals surface area contributed by atoms with Gasteiger partial charge in [0, 0.05) is 10.6 Å². The van der Waals surface area contributed by atoms with Gasteiger partial charge in [0.15, 0.2) is 6.10 Å². The van der Waals surface area contributed by atoms with Crippen molar-refractivity contribution in [3.63, 3.8) is 0 Å². The van der Waals surface area contributed by atoms with E-state index >= 15 is 0 Å². The lowest BCUT2D eigenvalue weighted by Gasteiger charge is -2.14. The lowest BCUT2D eigenvalue weighted by atomic mass is 9.95. The van der Waals surface area contributed by atoms with Crippen molar-refractivity contribution in [2.24, 2.45) is 0 Å². The second kappa shape index (κ2) is 11.4. The third kappa shape index (κ3) is 5.99. The molecule has 0 unspecified atom stereocenters. The lowest BCUT2D eigenvalue weighted by molar-refractivity contribution is -0.123. The number of carbonyl (C=O) groups excluding carboxylic acids is 4. The number of thiophene rings is 1. The molecule has 10 heteroatoms. The van der Waals surface area contributed by atoms with Gasteiger partial charge in [0.1, 0.15) is 11.4 Å². The van der Waals surface area contributed by atoms with Gasteiger partial charge in [-0.3, -0.25) is 9.59 Å². The predicted octanol–water partition coefficient (Wildman–Crippen LogP) is 3.84. The molecule has 1 atom stereocenters. The fraction of sp³-hybridized carbons (Fsp3) is 0.375. The van der Waals surface area contributed by atoms with Gasteiger partial charge in [-0.25, -0.2) is 9.59 Å². The van der Waals surface area contributed by atoms with Crippen molar-refractivity contribution in [1.82, 2.24) is 0 Å². The van der Waals surface area contributed by atoms with Crippen molar-refractivity contribution < 1.29 is 28.7 Å². The number of esters is 2. The van der Waals surface area contributed by atoms with E-state index < -0.39 is 29.9 Å². The molecule has 9 nitrogen and oxygen atoms in total. The van der Waals surface area contributed by atoms with Crippen LogP contribution in [0.25, 0.3) is 0 Å². The molecule has 1 aromatic heterocycles. The summed E-state index contributed by atoms with van der Waals surface area (Å²) in [7, 11) is 0. The summed E-state index contributed by atoms with van der Waals surface area (Å²) in [5, 5.41) is 14.2. The highest BCUT2D eigenvalue weighted by atomic mass is 32.1. The molecular weight excluding hydrogens is 458 g/mol. The van der Waals surface area contributed by atoms with Crippen molar-refractivity contribution in [2.45, 2.75) is 52.1 Å². The van der Waals surface area contributed by atoms with Crippen molar-refractivity contribution in [3.05, 3.63) is 45.8 Å². The highest BCUT2D eigenvalue weighted by Gasteiger charge is 2.29. The molecule has 0 bridgehead atoms. The first-order valence-electron chi connectivity index (χ1n) is 10.9. The molecule has 1 aromatic carbocycles. The fourth-order valence-electron chi connectivity index (χ4n) is 3.54. The maximum atomic E-state index is 12.8. The van der Waals surface area contributed by atoms with E-state index in [1.54, 1.807) is 13.0 Å². The van der Waals surface area contributed by atoms with Crippen LogP contribution < -0.4 is 10.6 Å². The van der Waals surface area contributed by atoms with Gasteiger partial charge in [-0.05, 0) is 69.4 Å². The first kappa shape index (κ1) is 24.9. The van der Waals surface area contributed by atoms with Crippen LogP contribution in [0.3, 0.4) is 0 Å². The van der Waals surface area contributed by atoms with E-state index in [1.165, 1.54) is 42.5 Å². The van der Waals surface area contributed by atoms with E-state index in [0.29, 0.717) is 16.3 Å². The minimum atomic E-state index is -1.11. The molecular formula is C24H25N3O6S. The van der Waals surface area contributed by atoms with E-state index in [2.05, 4.69) is 10.6 Å². The zero-order chi connectivity index (χ0) is 24.7. The second-order valence-corrected chi connectivity index (χ2v) is 8.74. The number of nitriles is 1. The molecule has 0 saturated heterocycles. The number of hydrogen-bond donors (Lipinski definition) is 2. The van der Waals surface area contributed by atoms with E-state index in [9.17, 15) is 19.2 Å². The number of nitrogens with one attached hydrogen (secondary N) is 2. The number of nitrogens with zero attached hydrogens (tertiary/aromatic N) is 1. The summed E-state index contributed by atoms with van der Waals surface area (Å²) in [6.45, 7) is 3.40. The van der Waals surface area contributed by atoms with Crippen LogP contribution in [0.15, 0.2) is 24.3 Å². The quantitative estimate of drug-likeness (QED) is 0.545. The number of fused-ring (bicyclic) bond motifs is 1. The molecule has 0 fully saturated rings. The molecule has 0 aliphatic heterocycles. The fourth-order valence-corrected chi connectivity index (χ4v) is 4.82. The number of carbonyl (C=O) groups is 4. The maximum Gasteiger partial charge on any atom is 0.341 e. The van der Waals surface area contributed by atoms with Gasteiger partial charge in [-0.1, -0.05) is 0 Å². The van der Waals surface area contributed by atoms with Crippen molar-refractivity contribution in [2.75, 3.05) is 17.2 Å². The molecule has 3 rings (SSSR count). The van der Waals surface area contributed by atoms with Crippen LogP contribution in [0.1, 0.15) is 64.3 Å². The Labute approximate surface area is 201 Å². The van der Waals surface area contributed by atoms with Gasteiger partial charge in [0.2, 0.25) is 5.91 Å². The van der Waals surface area contributed by atoms with Crippen LogP contribution in [0.5, 0.6) is 0 Å². The van der Waals surface area contributed by atoms with Gasteiger partial charge < -0.3 is 20.1 Å². The minimum Gasteiger partial charge on any atom is -0.462 e. The maximum absolute atomic E-state index is 12.8. The molecule has 34 heavy (non-hydrogen) atoms. The Kier molecular flexibility index (Phi) is 8.38. The van der Waals surface area contributed by atoms with Crippen molar-refractivity contribution in [3.8, 4) is 6.07 Å². The summed E-state index contributed by atoms with van der Waals surface area (Å²) >= 11 is 1.36. The Hall–Kier alpha value is -3.71. The van der Waals surface area contributed by atoms with Gasteiger partial charge in [-0.2, -0.15) is 5.26 Å². The van der Waals surface area contributed by atoms with Gasteiger partial charge in [-0.15, -0.1) is 11.3 Å². The van der Waals surface area contributed by atoms with Crippen LogP contribution in [0, 0.1) is 11.3 Å². The summed E-state index contributed by atoms with van der Waals surface area (Å²) in [5.74, 6) is -2.20. The molecule has 2 amide bonds. The average Bonchev–Trinajstić information content (AvgIpc) is 3.17. The number of anilines is 2. The molecule has 1 heterocycles. The van der Waals surface area contributed by atoms with Gasteiger partial charge in [0.05, 0.1) is 23.8 Å². The Morgan fingerprint density at radius 1 is 1.09 bits per heavy atom. The molecule has 2 N–H and O–H groups in total. The van der Waals surface area contributed by atoms with E-state index in [4.69, 9.17) is 14.7 Å². The highest BCUT2D eigenvalue weighted by Crippen LogP contribution is 2.38. The van der Waals surface area contributed by atoms with Crippen LogP contribution >= 0.6 is 11.3 Å². The first-order chi connectivity index (χ1) is 16.3. The highest BCUT2D eigenvalue weighted by molar-refractivity contribution is 7.17. The molecule has 0 saturated carbocycles. The Bertz CT molecular complexity index is 1130. The lowest BCUT2D eigenvalue weighted by Crippen LogP contribution is -2.30. The summed E-state index contributed by atoms with van der Waals surface area (Å²) in [6, 6.07) is 7.64. The average molecular weight is 484 g/mol. The summed E-state index contributed by atoms with van der Waals surface area (Å²) in [6.07, 6.45) is 2.21. The van der Waals surface area contributed by atoms with Gasteiger partial charge >= 0.3 is 11.9 Å². The molecule has 1 aliphatic carbocycles. The molecule has 178 valence electrons. The largest absolute Gasteiger partial charge is 0.462 e. The third-order valence-electron chi connectivity index (χ3n) is 5.18. The first-order valence-corrected chi connectivity index (χ1v) is 11.8. The van der Waals surface area contributed by atoms with E-state index in [0.717, 1.165) is 36.1 Å². The Morgan fingerprint density at radius 2 is 1.79 bits per heavy atom. The Morgan fingerprint density at radius 3 is 2.47 bits per heavy atom. The number of rotatable bonds is 8. The molecule has 1 aliphatic rings. The third-order valence-corrected chi connectivity index (χ3v) is 6.39. The topological polar surface area (TPSA) is 135 Å². The molecule has 2 aromatic rings. The van der Waals surface area contributed by atoms with E-state index in [1.807, 2.05) is 0 Å². The van der Waals surface area contributed by atoms with Crippen LogP contribution in [-0.4, -0.2) is 36.5 Å². The van der Waals surface area contributed by atoms with Crippen molar-refractivity contribution in [1.29, 1.82) is 5.26 Å². The number of hydrogen-bond acceptors (Lipinski definition) is 8. The normalized spacial score (nSPS) is 13.1.